The van der Waals surface area contributed by atoms with Crippen LogP contribution in [0.5, 0.6) is 0 Å². The highest BCUT2D eigenvalue weighted by atomic mass is 14.9. The Morgan fingerprint density at radius 2 is 2.15 bits per heavy atom. The van der Waals surface area contributed by atoms with Gasteiger partial charge in [-0.2, -0.15) is 0 Å². The van der Waals surface area contributed by atoms with E-state index in [1.807, 2.05) is 32.1 Å². The van der Waals surface area contributed by atoms with E-state index in [9.17, 15) is 0 Å². The molecular weight excluding hydrogens is 160 g/mol. The molecule has 0 amide bonds. The maximum absolute atomic E-state index is 4.20. The van der Waals surface area contributed by atoms with Crippen LogP contribution in [0, 0.1) is 6.92 Å². The number of pyridine rings is 1. The van der Waals surface area contributed by atoms with E-state index < -0.39 is 0 Å². The van der Waals surface area contributed by atoms with Gasteiger partial charge in [-0.15, -0.1) is 0 Å². The summed E-state index contributed by atoms with van der Waals surface area (Å²) in [5.41, 5.74) is 2.30. The Bertz CT molecular complexity index is 338. The van der Waals surface area contributed by atoms with Crippen molar-refractivity contribution < 1.29 is 0 Å². The van der Waals surface area contributed by atoms with Gasteiger partial charge in [0.1, 0.15) is 0 Å². The zero-order chi connectivity index (χ0) is 9.68. The molecule has 0 spiro atoms. The lowest BCUT2D eigenvalue weighted by Crippen LogP contribution is -1.84. The van der Waals surface area contributed by atoms with Crippen molar-refractivity contribution in [2.45, 2.75) is 20.8 Å². The molecule has 2 heteroatoms. The van der Waals surface area contributed by atoms with Crippen LogP contribution in [-0.2, 0) is 0 Å². The lowest BCUT2D eigenvalue weighted by Gasteiger charge is -2.02. The van der Waals surface area contributed by atoms with Crippen molar-refractivity contribution in [2.24, 2.45) is 4.99 Å². The summed E-state index contributed by atoms with van der Waals surface area (Å²) in [5, 5.41) is 0. The van der Waals surface area contributed by atoms with Crippen molar-refractivity contribution in [1.29, 1.82) is 0 Å². The molecule has 13 heavy (non-hydrogen) atoms. The lowest BCUT2D eigenvalue weighted by atomic mass is 10.1. The summed E-state index contributed by atoms with van der Waals surface area (Å²) in [4.78, 5) is 8.40. The SMILES string of the molecule is CC=Nc1nccc(C)c1/C=C\C. The van der Waals surface area contributed by atoms with E-state index in [0.717, 1.165) is 11.4 Å². The molecule has 0 saturated heterocycles. The Kier molecular flexibility index (Phi) is 3.38. The normalized spacial score (nSPS) is 11.6. The molecule has 0 aromatic carbocycles. The molecule has 1 aromatic heterocycles. The van der Waals surface area contributed by atoms with Crippen LogP contribution in [0.1, 0.15) is 25.0 Å². The summed E-state index contributed by atoms with van der Waals surface area (Å²) in [6, 6.07) is 1.99. The molecule has 0 bridgehead atoms. The minimum Gasteiger partial charge on any atom is -0.241 e. The molecule has 1 aromatic rings. The van der Waals surface area contributed by atoms with Gasteiger partial charge < -0.3 is 0 Å². The second-order valence-corrected chi connectivity index (χ2v) is 2.75. The van der Waals surface area contributed by atoms with E-state index >= 15 is 0 Å². The average molecular weight is 174 g/mol. The monoisotopic (exact) mass is 174 g/mol. The van der Waals surface area contributed by atoms with E-state index in [4.69, 9.17) is 0 Å². The van der Waals surface area contributed by atoms with Crippen LogP contribution in [0.15, 0.2) is 23.3 Å². The molecular formula is C11H14N2. The van der Waals surface area contributed by atoms with Gasteiger partial charge >= 0.3 is 0 Å². The average Bonchev–Trinajstić information content (AvgIpc) is 2.11. The van der Waals surface area contributed by atoms with Crippen LogP contribution in [0.3, 0.4) is 0 Å². The van der Waals surface area contributed by atoms with Gasteiger partial charge in [-0.05, 0) is 32.4 Å². The number of hydrogen-bond donors (Lipinski definition) is 0. The highest BCUT2D eigenvalue weighted by molar-refractivity contribution is 5.68. The molecule has 0 N–H and O–H groups in total. The zero-order valence-electron chi connectivity index (χ0n) is 8.28. The van der Waals surface area contributed by atoms with Crippen molar-refractivity contribution in [3.8, 4) is 0 Å². The number of hydrogen-bond acceptors (Lipinski definition) is 2. The standard InChI is InChI=1S/C11H14N2/c1-4-6-10-9(3)7-8-13-11(10)12-5-2/h4-8H,1-3H3/b6-4-,12-5?. The first-order valence-electron chi connectivity index (χ1n) is 4.36. The molecule has 0 radical (unpaired) electrons. The van der Waals surface area contributed by atoms with E-state index in [1.165, 1.54) is 5.56 Å². The molecule has 0 atom stereocenters. The van der Waals surface area contributed by atoms with Gasteiger partial charge in [-0.1, -0.05) is 12.2 Å². The minimum absolute atomic E-state index is 0.792. The second kappa shape index (κ2) is 4.55. The Labute approximate surface area is 79.0 Å². The van der Waals surface area contributed by atoms with E-state index in [1.54, 1.807) is 12.4 Å². The summed E-state index contributed by atoms with van der Waals surface area (Å²) in [7, 11) is 0. The first-order chi connectivity index (χ1) is 6.29. The van der Waals surface area contributed by atoms with Crippen LogP contribution in [0.25, 0.3) is 6.08 Å². The highest BCUT2D eigenvalue weighted by Gasteiger charge is 2.00. The molecule has 2 nitrogen and oxygen atoms in total. The third-order valence-electron chi connectivity index (χ3n) is 1.77. The minimum atomic E-state index is 0.792. The van der Waals surface area contributed by atoms with Crippen LogP contribution >= 0.6 is 0 Å². The van der Waals surface area contributed by atoms with Gasteiger partial charge in [0.15, 0.2) is 5.82 Å². The molecule has 0 aliphatic carbocycles. The Morgan fingerprint density at radius 1 is 1.38 bits per heavy atom. The van der Waals surface area contributed by atoms with Gasteiger partial charge in [0.2, 0.25) is 0 Å². The molecule has 0 aliphatic heterocycles. The molecule has 0 saturated carbocycles. The summed E-state index contributed by atoms with van der Waals surface area (Å²) in [6.07, 6.45) is 7.57. The summed E-state index contributed by atoms with van der Waals surface area (Å²) in [5.74, 6) is 0.792. The first-order valence-corrected chi connectivity index (χ1v) is 4.36. The maximum Gasteiger partial charge on any atom is 0.159 e. The fraction of sp³-hybridized carbons (Fsp3) is 0.273. The largest absolute Gasteiger partial charge is 0.241 e. The third-order valence-corrected chi connectivity index (χ3v) is 1.77. The van der Waals surface area contributed by atoms with Crippen LogP contribution in [0.4, 0.5) is 5.82 Å². The Hall–Kier alpha value is -1.44. The first kappa shape index (κ1) is 9.65. The third kappa shape index (κ3) is 2.25. The molecule has 0 unspecified atom stereocenters. The fourth-order valence-corrected chi connectivity index (χ4v) is 1.15. The number of rotatable bonds is 2. The second-order valence-electron chi connectivity index (χ2n) is 2.75. The summed E-state index contributed by atoms with van der Waals surface area (Å²) >= 11 is 0. The topological polar surface area (TPSA) is 25.2 Å². The smallest absolute Gasteiger partial charge is 0.159 e. The number of allylic oxidation sites excluding steroid dienone is 1. The Morgan fingerprint density at radius 3 is 2.77 bits per heavy atom. The van der Waals surface area contributed by atoms with Crippen molar-refractivity contribution in [3.05, 3.63) is 29.5 Å². The van der Waals surface area contributed by atoms with Crippen LogP contribution < -0.4 is 0 Å². The molecule has 0 fully saturated rings. The number of nitrogens with zero attached hydrogens (tertiary/aromatic N) is 2. The van der Waals surface area contributed by atoms with Crippen molar-refractivity contribution in [3.63, 3.8) is 0 Å². The Balaban J connectivity index is 3.25. The van der Waals surface area contributed by atoms with Crippen LogP contribution in [-0.4, -0.2) is 11.2 Å². The number of aliphatic imine (C=N–C) groups is 1. The maximum atomic E-state index is 4.20. The molecule has 1 heterocycles. The van der Waals surface area contributed by atoms with Crippen molar-refractivity contribution in [1.82, 2.24) is 4.98 Å². The zero-order valence-corrected chi connectivity index (χ0v) is 8.28. The number of aromatic nitrogens is 1. The summed E-state index contributed by atoms with van der Waals surface area (Å²) < 4.78 is 0. The molecule has 0 aliphatic rings. The number of aryl methyl sites for hydroxylation is 1. The fourth-order valence-electron chi connectivity index (χ4n) is 1.15. The van der Waals surface area contributed by atoms with E-state index in [-0.39, 0.29) is 0 Å². The highest BCUT2D eigenvalue weighted by Crippen LogP contribution is 2.20. The van der Waals surface area contributed by atoms with Gasteiger partial charge in [0, 0.05) is 18.0 Å². The summed E-state index contributed by atoms with van der Waals surface area (Å²) in [6.45, 7) is 5.95. The van der Waals surface area contributed by atoms with Crippen LogP contribution in [0.2, 0.25) is 0 Å². The van der Waals surface area contributed by atoms with Gasteiger partial charge in [-0.3, -0.25) is 0 Å². The van der Waals surface area contributed by atoms with Gasteiger partial charge in [0.25, 0.3) is 0 Å². The quantitative estimate of drug-likeness (QED) is 0.632. The van der Waals surface area contributed by atoms with Gasteiger partial charge in [0.05, 0.1) is 0 Å². The van der Waals surface area contributed by atoms with Gasteiger partial charge in [-0.25, -0.2) is 9.98 Å². The van der Waals surface area contributed by atoms with Crippen molar-refractivity contribution in [2.75, 3.05) is 0 Å². The molecule has 1 rings (SSSR count). The predicted octanol–water partition coefficient (Wildman–Crippen LogP) is 3.15. The van der Waals surface area contributed by atoms with E-state index in [0.29, 0.717) is 0 Å². The van der Waals surface area contributed by atoms with E-state index in [2.05, 4.69) is 16.9 Å². The lowest BCUT2D eigenvalue weighted by molar-refractivity contribution is 1.23. The van der Waals surface area contributed by atoms with Crippen molar-refractivity contribution >= 4 is 18.1 Å². The molecule has 68 valence electrons. The predicted molar refractivity (Wildman–Crippen MR) is 57.5 cm³/mol.